The largest absolute Gasteiger partial charge is 0.496 e. The van der Waals surface area contributed by atoms with E-state index in [1.807, 2.05) is 12.1 Å². The van der Waals surface area contributed by atoms with Crippen molar-refractivity contribution in [2.75, 3.05) is 7.11 Å². The van der Waals surface area contributed by atoms with Gasteiger partial charge < -0.3 is 4.74 Å². The summed E-state index contributed by atoms with van der Waals surface area (Å²) in [5.74, 6) is 8.18. The molecule has 1 aliphatic rings. The van der Waals surface area contributed by atoms with Crippen molar-refractivity contribution in [3.05, 3.63) is 29.8 Å². The smallest absolute Gasteiger partial charge is 0.123 e. The summed E-state index contributed by atoms with van der Waals surface area (Å²) >= 11 is 0. The number of nitrogens with two attached hydrogens (primary N) is 1. The van der Waals surface area contributed by atoms with Crippen LogP contribution in [0.15, 0.2) is 24.3 Å². The molecule has 0 radical (unpaired) electrons. The van der Waals surface area contributed by atoms with E-state index in [1.165, 1.54) is 37.7 Å². The topological polar surface area (TPSA) is 47.3 Å². The van der Waals surface area contributed by atoms with Gasteiger partial charge in [0.2, 0.25) is 0 Å². The highest BCUT2D eigenvalue weighted by Crippen LogP contribution is 2.41. The van der Waals surface area contributed by atoms with Crippen molar-refractivity contribution in [3.8, 4) is 5.75 Å². The Labute approximate surface area is 116 Å². The molecule has 0 saturated heterocycles. The standard InChI is InChI=1S/C16H26N2O/c1-3-12-8-4-5-9-13(12)16(18-17)14-10-6-7-11-15(14)19-2/h6-7,10-13,16,18H,3-5,8-9,17H2,1-2H3. The van der Waals surface area contributed by atoms with Gasteiger partial charge in [-0.3, -0.25) is 11.3 Å². The van der Waals surface area contributed by atoms with Gasteiger partial charge in [-0.25, -0.2) is 0 Å². The number of methoxy groups -OCH3 is 1. The molecule has 3 atom stereocenters. The fourth-order valence-electron chi connectivity index (χ4n) is 3.55. The molecule has 0 aliphatic heterocycles. The minimum atomic E-state index is 0.196. The highest BCUT2D eigenvalue weighted by Gasteiger charge is 2.32. The lowest BCUT2D eigenvalue weighted by Gasteiger charge is -2.37. The fourth-order valence-corrected chi connectivity index (χ4v) is 3.55. The Morgan fingerprint density at radius 2 is 2.05 bits per heavy atom. The normalized spacial score (nSPS) is 25.0. The van der Waals surface area contributed by atoms with E-state index in [0.717, 1.165) is 11.7 Å². The van der Waals surface area contributed by atoms with Crippen molar-refractivity contribution in [1.29, 1.82) is 0 Å². The summed E-state index contributed by atoms with van der Waals surface area (Å²) in [6, 6.07) is 8.41. The van der Waals surface area contributed by atoms with E-state index >= 15 is 0 Å². The van der Waals surface area contributed by atoms with Gasteiger partial charge in [0.1, 0.15) is 5.75 Å². The summed E-state index contributed by atoms with van der Waals surface area (Å²) in [6.45, 7) is 2.29. The van der Waals surface area contributed by atoms with E-state index < -0.39 is 0 Å². The molecule has 3 heteroatoms. The van der Waals surface area contributed by atoms with Crippen LogP contribution < -0.4 is 16.0 Å². The van der Waals surface area contributed by atoms with Crippen molar-refractivity contribution in [3.63, 3.8) is 0 Å². The van der Waals surface area contributed by atoms with E-state index in [2.05, 4.69) is 24.5 Å². The molecule has 2 rings (SSSR count). The Morgan fingerprint density at radius 1 is 1.32 bits per heavy atom. The molecule has 1 aromatic rings. The molecule has 1 saturated carbocycles. The summed E-state index contributed by atoms with van der Waals surface area (Å²) in [5.41, 5.74) is 4.24. The fraction of sp³-hybridized carbons (Fsp3) is 0.625. The second kappa shape index (κ2) is 6.92. The van der Waals surface area contributed by atoms with Crippen LogP contribution >= 0.6 is 0 Å². The van der Waals surface area contributed by atoms with Crippen LogP contribution in [0, 0.1) is 11.8 Å². The Bertz CT molecular complexity index is 394. The van der Waals surface area contributed by atoms with Gasteiger partial charge in [0.25, 0.3) is 0 Å². The van der Waals surface area contributed by atoms with Gasteiger partial charge in [0.05, 0.1) is 13.2 Å². The SMILES string of the molecule is CCC1CCCCC1C(NN)c1ccccc1OC. The number of hydrazine groups is 1. The van der Waals surface area contributed by atoms with Gasteiger partial charge in [-0.1, -0.05) is 50.8 Å². The Balaban J connectivity index is 2.27. The lowest BCUT2D eigenvalue weighted by atomic mass is 9.72. The summed E-state index contributed by atoms with van der Waals surface area (Å²) in [7, 11) is 1.73. The van der Waals surface area contributed by atoms with Gasteiger partial charge in [0, 0.05) is 5.56 Å². The van der Waals surface area contributed by atoms with Crippen LogP contribution in [0.4, 0.5) is 0 Å². The highest BCUT2D eigenvalue weighted by molar-refractivity contribution is 5.36. The molecule has 3 nitrogen and oxygen atoms in total. The molecule has 3 N–H and O–H groups in total. The molecule has 19 heavy (non-hydrogen) atoms. The predicted octanol–water partition coefficient (Wildman–Crippen LogP) is 3.42. The third-order valence-electron chi connectivity index (χ3n) is 4.57. The molecule has 3 unspecified atom stereocenters. The summed E-state index contributed by atoms with van der Waals surface area (Å²) < 4.78 is 5.49. The van der Waals surface area contributed by atoms with E-state index in [0.29, 0.717) is 5.92 Å². The number of nitrogens with one attached hydrogen (secondary N) is 1. The Hall–Kier alpha value is -1.06. The van der Waals surface area contributed by atoms with Crippen molar-refractivity contribution in [2.24, 2.45) is 17.7 Å². The van der Waals surface area contributed by atoms with Gasteiger partial charge in [-0.15, -0.1) is 0 Å². The first-order valence-corrected chi connectivity index (χ1v) is 7.40. The molecule has 0 spiro atoms. The number of hydrogen-bond acceptors (Lipinski definition) is 3. The maximum Gasteiger partial charge on any atom is 0.123 e. The zero-order valence-electron chi connectivity index (χ0n) is 12.1. The Morgan fingerprint density at radius 3 is 2.74 bits per heavy atom. The molecule has 0 amide bonds. The van der Waals surface area contributed by atoms with Crippen LogP contribution in [0.2, 0.25) is 0 Å². The molecule has 1 fully saturated rings. The average Bonchev–Trinajstić information content (AvgIpc) is 2.49. The van der Waals surface area contributed by atoms with Crippen LogP contribution in [0.1, 0.15) is 50.6 Å². The van der Waals surface area contributed by atoms with Gasteiger partial charge in [0.15, 0.2) is 0 Å². The third kappa shape index (κ3) is 3.10. The van der Waals surface area contributed by atoms with Crippen molar-refractivity contribution >= 4 is 0 Å². The number of para-hydroxylation sites is 1. The summed E-state index contributed by atoms with van der Waals surface area (Å²) in [4.78, 5) is 0. The zero-order valence-corrected chi connectivity index (χ0v) is 12.1. The van der Waals surface area contributed by atoms with Crippen molar-refractivity contribution < 1.29 is 4.74 Å². The predicted molar refractivity (Wildman–Crippen MR) is 78.8 cm³/mol. The maximum atomic E-state index is 5.87. The summed E-state index contributed by atoms with van der Waals surface area (Å²) in [6.07, 6.45) is 6.49. The second-order valence-corrected chi connectivity index (χ2v) is 5.50. The molecule has 1 aliphatic carbocycles. The minimum Gasteiger partial charge on any atom is -0.496 e. The molecular weight excluding hydrogens is 236 g/mol. The highest BCUT2D eigenvalue weighted by atomic mass is 16.5. The summed E-state index contributed by atoms with van der Waals surface area (Å²) in [5, 5.41) is 0. The first-order valence-electron chi connectivity index (χ1n) is 7.40. The lowest BCUT2D eigenvalue weighted by molar-refractivity contribution is 0.174. The van der Waals surface area contributed by atoms with Crippen molar-refractivity contribution in [2.45, 2.75) is 45.1 Å². The van der Waals surface area contributed by atoms with Gasteiger partial charge in [-0.2, -0.15) is 0 Å². The quantitative estimate of drug-likeness (QED) is 0.631. The lowest BCUT2D eigenvalue weighted by Crippen LogP contribution is -2.38. The van der Waals surface area contributed by atoms with Crippen molar-refractivity contribution in [1.82, 2.24) is 5.43 Å². The van der Waals surface area contributed by atoms with Crippen LogP contribution in [0.25, 0.3) is 0 Å². The number of benzene rings is 1. The molecule has 0 bridgehead atoms. The number of hydrogen-bond donors (Lipinski definition) is 2. The van der Waals surface area contributed by atoms with E-state index in [1.54, 1.807) is 7.11 Å². The maximum absolute atomic E-state index is 5.87. The number of rotatable bonds is 5. The van der Waals surface area contributed by atoms with E-state index in [9.17, 15) is 0 Å². The van der Waals surface area contributed by atoms with E-state index in [4.69, 9.17) is 10.6 Å². The van der Waals surface area contributed by atoms with Crippen LogP contribution in [-0.2, 0) is 0 Å². The third-order valence-corrected chi connectivity index (χ3v) is 4.57. The van der Waals surface area contributed by atoms with E-state index in [-0.39, 0.29) is 6.04 Å². The molecule has 106 valence electrons. The Kier molecular flexibility index (Phi) is 5.23. The van der Waals surface area contributed by atoms with Crippen LogP contribution in [-0.4, -0.2) is 7.11 Å². The first-order chi connectivity index (χ1) is 9.31. The number of ether oxygens (including phenoxy) is 1. The second-order valence-electron chi connectivity index (χ2n) is 5.50. The van der Waals surface area contributed by atoms with Crippen LogP contribution in [0.3, 0.4) is 0 Å². The first kappa shape index (κ1) is 14.4. The minimum absolute atomic E-state index is 0.196. The van der Waals surface area contributed by atoms with Gasteiger partial charge in [-0.05, 0) is 24.3 Å². The molecule has 1 aromatic carbocycles. The monoisotopic (exact) mass is 262 g/mol. The zero-order chi connectivity index (χ0) is 13.7. The van der Waals surface area contributed by atoms with Crippen LogP contribution in [0.5, 0.6) is 5.75 Å². The molecule has 0 aromatic heterocycles. The van der Waals surface area contributed by atoms with Gasteiger partial charge >= 0.3 is 0 Å². The average molecular weight is 262 g/mol. The molecular formula is C16H26N2O. The molecule has 0 heterocycles.